The normalized spacial score (nSPS) is 12.9. The molecule has 0 saturated heterocycles. The average molecular weight is 377 g/mol. The van der Waals surface area contributed by atoms with Crippen LogP contribution in [0.3, 0.4) is 0 Å². The molecule has 0 aliphatic carbocycles. The number of sulfonamides is 1. The van der Waals surface area contributed by atoms with Crippen LogP contribution in [0.25, 0.3) is 0 Å². The van der Waals surface area contributed by atoms with Gasteiger partial charge in [-0.05, 0) is 40.6 Å². The van der Waals surface area contributed by atoms with Crippen molar-refractivity contribution in [2.24, 2.45) is 0 Å². The molecule has 0 fully saturated rings. The molecule has 18 heavy (non-hydrogen) atoms. The van der Waals surface area contributed by atoms with Gasteiger partial charge < -0.3 is 0 Å². The van der Waals surface area contributed by atoms with E-state index < -0.39 is 15.3 Å². The average Bonchev–Trinajstić information content (AvgIpc) is 2.34. The molecule has 1 rings (SSSR count). The summed E-state index contributed by atoms with van der Waals surface area (Å²) in [4.78, 5) is 0. The van der Waals surface area contributed by atoms with Crippen molar-refractivity contribution in [1.29, 1.82) is 0 Å². The van der Waals surface area contributed by atoms with Crippen LogP contribution in [-0.2, 0) is 10.0 Å². The molecular formula is C13H16INO2S. The molecule has 0 aromatic heterocycles. The molecule has 1 atom stereocenters. The molecule has 0 unspecified atom stereocenters. The third-order valence-corrected chi connectivity index (χ3v) is 5.18. The lowest BCUT2D eigenvalue weighted by Crippen LogP contribution is -2.29. The van der Waals surface area contributed by atoms with Gasteiger partial charge in [-0.2, -0.15) is 0 Å². The second kappa shape index (κ2) is 7.06. The van der Waals surface area contributed by atoms with Gasteiger partial charge in [0.1, 0.15) is 5.25 Å². The topological polar surface area (TPSA) is 46.2 Å². The van der Waals surface area contributed by atoms with E-state index in [0.717, 1.165) is 9.13 Å². The highest BCUT2D eigenvalue weighted by Gasteiger charge is 2.26. The Balaban J connectivity index is 3.14. The minimum atomic E-state index is -3.42. The van der Waals surface area contributed by atoms with Crippen LogP contribution < -0.4 is 4.72 Å². The van der Waals surface area contributed by atoms with Gasteiger partial charge in [0.05, 0.1) is 0 Å². The van der Waals surface area contributed by atoms with Gasteiger partial charge in [0, 0.05) is 10.1 Å². The summed E-state index contributed by atoms with van der Waals surface area (Å²) in [5, 5.41) is -0.608. The van der Waals surface area contributed by atoms with E-state index in [0.29, 0.717) is 6.42 Å². The van der Waals surface area contributed by atoms with Crippen molar-refractivity contribution in [3.8, 4) is 0 Å². The molecule has 0 bridgehead atoms. The van der Waals surface area contributed by atoms with Crippen LogP contribution >= 0.6 is 22.6 Å². The van der Waals surface area contributed by atoms with E-state index in [-0.39, 0.29) is 6.54 Å². The smallest absolute Gasteiger partial charge is 0.212 e. The van der Waals surface area contributed by atoms with Crippen LogP contribution in [0.1, 0.15) is 17.2 Å². The highest BCUT2D eigenvalue weighted by molar-refractivity contribution is 14.1. The van der Waals surface area contributed by atoms with Crippen molar-refractivity contribution < 1.29 is 8.42 Å². The van der Waals surface area contributed by atoms with Gasteiger partial charge in [0.2, 0.25) is 10.0 Å². The maximum atomic E-state index is 12.2. The summed E-state index contributed by atoms with van der Waals surface area (Å²) in [6, 6.07) is 7.47. The van der Waals surface area contributed by atoms with Crippen LogP contribution in [0.4, 0.5) is 0 Å². The quantitative estimate of drug-likeness (QED) is 0.587. The van der Waals surface area contributed by atoms with E-state index in [1.807, 2.05) is 24.3 Å². The number of hydrogen-bond donors (Lipinski definition) is 1. The first kappa shape index (κ1) is 15.4. The van der Waals surface area contributed by atoms with Crippen molar-refractivity contribution in [3.63, 3.8) is 0 Å². The third kappa shape index (κ3) is 3.93. The fourth-order valence-electron chi connectivity index (χ4n) is 1.58. The summed E-state index contributed by atoms with van der Waals surface area (Å²) in [5.41, 5.74) is 0.801. The number of allylic oxidation sites excluding steroid dienone is 1. The molecule has 0 radical (unpaired) electrons. The van der Waals surface area contributed by atoms with Gasteiger partial charge in [-0.1, -0.05) is 30.4 Å². The van der Waals surface area contributed by atoms with E-state index >= 15 is 0 Å². The zero-order chi connectivity index (χ0) is 13.6. The highest BCUT2D eigenvalue weighted by atomic mass is 127. The lowest BCUT2D eigenvalue weighted by molar-refractivity contribution is 0.571. The van der Waals surface area contributed by atoms with Gasteiger partial charge >= 0.3 is 0 Å². The van der Waals surface area contributed by atoms with Crippen molar-refractivity contribution in [1.82, 2.24) is 4.72 Å². The Labute approximate surface area is 122 Å². The number of nitrogens with one attached hydrogen (secondary N) is 1. The number of hydrogen-bond acceptors (Lipinski definition) is 2. The Morgan fingerprint density at radius 1 is 1.28 bits per heavy atom. The monoisotopic (exact) mass is 377 g/mol. The molecule has 0 heterocycles. The Kier molecular flexibility index (Phi) is 6.04. The number of halogens is 1. The predicted octanol–water partition coefficient (Wildman–Crippen LogP) is 3.01. The maximum Gasteiger partial charge on any atom is 0.219 e. The lowest BCUT2D eigenvalue weighted by atomic mass is 10.1. The Hall–Kier alpha value is -0.660. The first-order chi connectivity index (χ1) is 8.53. The first-order valence-electron chi connectivity index (χ1n) is 5.47. The minimum absolute atomic E-state index is 0.236. The van der Waals surface area contributed by atoms with Crippen LogP contribution in [0.5, 0.6) is 0 Å². The van der Waals surface area contributed by atoms with Crippen molar-refractivity contribution in [2.45, 2.75) is 11.7 Å². The second-order valence-corrected chi connectivity index (χ2v) is 6.83. The molecule has 0 aliphatic rings. The van der Waals surface area contributed by atoms with Crippen LogP contribution in [0.15, 0.2) is 49.6 Å². The minimum Gasteiger partial charge on any atom is -0.212 e. The molecule has 1 aromatic carbocycles. The van der Waals surface area contributed by atoms with Crippen molar-refractivity contribution in [3.05, 3.63) is 58.7 Å². The summed E-state index contributed by atoms with van der Waals surface area (Å²) >= 11 is 2.15. The van der Waals surface area contributed by atoms with Gasteiger partial charge in [0.25, 0.3) is 0 Å². The zero-order valence-electron chi connectivity index (χ0n) is 9.97. The predicted molar refractivity (Wildman–Crippen MR) is 83.8 cm³/mol. The summed E-state index contributed by atoms with van der Waals surface area (Å²) in [6.45, 7) is 7.38. The summed E-state index contributed by atoms with van der Waals surface area (Å²) in [6.07, 6.45) is 3.53. The van der Waals surface area contributed by atoms with Gasteiger partial charge in [-0.3, -0.25) is 0 Å². The zero-order valence-corrected chi connectivity index (χ0v) is 12.9. The van der Waals surface area contributed by atoms with E-state index in [9.17, 15) is 8.42 Å². The van der Waals surface area contributed by atoms with E-state index in [1.165, 1.54) is 6.08 Å². The lowest BCUT2D eigenvalue weighted by Gasteiger charge is -2.18. The molecule has 98 valence electrons. The summed E-state index contributed by atoms with van der Waals surface area (Å²) in [7, 11) is -3.42. The van der Waals surface area contributed by atoms with Gasteiger partial charge in [0.15, 0.2) is 0 Å². The van der Waals surface area contributed by atoms with E-state index in [2.05, 4.69) is 40.5 Å². The van der Waals surface area contributed by atoms with E-state index in [1.54, 1.807) is 6.08 Å². The van der Waals surface area contributed by atoms with Crippen LogP contribution in [0, 0.1) is 3.57 Å². The van der Waals surface area contributed by atoms with Gasteiger partial charge in [-0.25, -0.2) is 13.1 Å². The Morgan fingerprint density at radius 3 is 2.50 bits per heavy atom. The number of rotatable bonds is 7. The molecule has 1 aromatic rings. The standard InChI is InChI=1S/C13H16INO2S/c1-3-7-13(18(16,17)15-10-4-2)11-8-5-6-9-12(11)14/h3-6,8-9,13,15H,1-2,7,10H2/t13-/m0/s1. The molecule has 0 spiro atoms. The molecule has 3 nitrogen and oxygen atoms in total. The van der Waals surface area contributed by atoms with Crippen molar-refractivity contribution in [2.75, 3.05) is 6.54 Å². The second-order valence-electron chi connectivity index (χ2n) is 3.72. The fraction of sp³-hybridized carbons (Fsp3) is 0.231. The summed E-state index contributed by atoms with van der Waals surface area (Å²) in [5.74, 6) is 0. The Bertz CT molecular complexity index is 526. The van der Waals surface area contributed by atoms with Crippen LogP contribution in [-0.4, -0.2) is 15.0 Å². The largest absolute Gasteiger partial charge is 0.219 e. The molecular weight excluding hydrogens is 361 g/mol. The van der Waals surface area contributed by atoms with Crippen molar-refractivity contribution >= 4 is 32.6 Å². The number of benzene rings is 1. The maximum absolute atomic E-state index is 12.2. The Morgan fingerprint density at radius 2 is 1.94 bits per heavy atom. The molecule has 5 heteroatoms. The molecule has 0 aliphatic heterocycles. The molecule has 0 amide bonds. The third-order valence-electron chi connectivity index (χ3n) is 2.44. The highest BCUT2D eigenvalue weighted by Crippen LogP contribution is 2.29. The SMILES string of the molecule is C=CCNS(=O)(=O)[C@@H](CC=C)c1ccccc1I. The molecule has 1 N–H and O–H groups in total. The fourth-order valence-corrected chi connectivity index (χ4v) is 4.04. The van der Waals surface area contributed by atoms with E-state index in [4.69, 9.17) is 0 Å². The first-order valence-corrected chi connectivity index (χ1v) is 8.10. The van der Waals surface area contributed by atoms with Crippen LogP contribution in [0.2, 0.25) is 0 Å². The summed E-state index contributed by atoms with van der Waals surface area (Å²) < 4.78 is 27.9. The van der Waals surface area contributed by atoms with Gasteiger partial charge in [-0.15, -0.1) is 13.2 Å². The molecule has 0 saturated carbocycles.